The van der Waals surface area contributed by atoms with Crippen LogP contribution < -0.4 is 4.90 Å². The van der Waals surface area contributed by atoms with E-state index in [0.717, 1.165) is 18.4 Å². The number of nitrogens with zero attached hydrogens (tertiary/aromatic N) is 1. The van der Waals surface area contributed by atoms with Crippen molar-refractivity contribution in [2.75, 3.05) is 11.4 Å². The molecule has 0 saturated heterocycles. The molecule has 106 valence electrons. The molecule has 0 fully saturated rings. The molecule has 4 heteroatoms. The van der Waals surface area contributed by atoms with Gasteiger partial charge in [-0.25, -0.2) is 0 Å². The molecule has 1 N–H and O–H groups in total. The molecule has 0 spiro atoms. The molecule has 1 unspecified atom stereocenters. The molecule has 20 heavy (non-hydrogen) atoms. The normalized spacial score (nSPS) is 17.1. The van der Waals surface area contributed by atoms with Crippen LogP contribution in [0.15, 0.2) is 36.4 Å². The molecule has 1 aliphatic rings. The van der Waals surface area contributed by atoms with E-state index in [1.165, 1.54) is 4.90 Å². The van der Waals surface area contributed by atoms with Crippen molar-refractivity contribution in [1.29, 1.82) is 0 Å². The zero-order valence-electron chi connectivity index (χ0n) is 11.6. The smallest absolute Gasteiger partial charge is 0.323 e. The van der Waals surface area contributed by atoms with Crippen molar-refractivity contribution < 1.29 is 14.7 Å². The molecule has 0 aliphatic heterocycles. The van der Waals surface area contributed by atoms with Crippen LogP contribution in [0, 0.1) is 12.8 Å². The van der Waals surface area contributed by atoms with Gasteiger partial charge in [-0.1, -0.05) is 29.8 Å². The molecular formula is C16H19NO3. The summed E-state index contributed by atoms with van der Waals surface area (Å²) in [6, 6.07) is 7.35. The van der Waals surface area contributed by atoms with Gasteiger partial charge >= 0.3 is 5.97 Å². The summed E-state index contributed by atoms with van der Waals surface area (Å²) < 4.78 is 0. The Balaban J connectivity index is 2.13. The summed E-state index contributed by atoms with van der Waals surface area (Å²) >= 11 is 0. The monoisotopic (exact) mass is 273 g/mol. The standard InChI is InChI=1S/C16H19NO3/c1-12-6-8-14(9-7-12)17(11-16(19)20)15(18)10-13-4-2-3-5-13/h2,4,6-9,13H,3,5,10-11H2,1H3,(H,19,20). The molecular weight excluding hydrogens is 254 g/mol. The molecule has 1 amide bonds. The quantitative estimate of drug-likeness (QED) is 0.839. The van der Waals surface area contributed by atoms with Crippen molar-refractivity contribution in [3.63, 3.8) is 0 Å². The van der Waals surface area contributed by atoms with Gasteiger partial charge in [0.2, 0.25) is 5.91 Å². The van der Waals surface area contributed by atoms with Gasteiger partial charge in [0.25, 0.3) is 0 Å². The van der Waals surface area contributed by atoms with Crippen LogP contribution in [0.1, 0.15) is 24.8 Å². The zero-order chi connectivity index (χ0) is 14.5. The number of allylic oxidation sites excluding steroid dienone is 2. The summed E-state index contributed by atoms with van der Waals surface area (Å²) in [6.07, 6.45) is 6.47. The topological polar surface area (TPSA) is 57.6 Å². The summed E-state index contributed by atoms with van der Waals surface area (Å²) in [6.45, 7) is 1.66. The minimum Gasteiger partial charge on any atom is -0.480 e. The second-order valence-electron chi connectivity index (χ2n) is 5.18. The lowest BCUT2D eigenvalue weighted by atomic mass is 10.0. The number of anilines is 1. The molecule has 0 heterocycles. The van der Waals surface area contributed by atoms with E-state index in [1.807, 2.05) is 25.1 Å². The van der Waals surface area contributed by atoms with E-state index >= 15 is 0 Å². The lowest BCUT2D eigenvalue weighted by molar-refractivity contribution is -0.136. The van der Waals surface area contributed by atoms with E-state index in [2.05, 4.69) is 6.08 Å². The molecule has 0 aromatic heterocycles. The van der Waals surface area contributed by atoms with E-state index < -0.39 is 5.97 Å². The van der Waals surface area contributed by atoms with Gasteiger partial charge in [-0.3, -0.25) is 9.59 Å². The van der Waals surface area contributed by atoms with Gasteiger partial charge in [0.05, 0.1) is 0 Å². The summed E-state index contributed by atoms with van der Waals surface area (Å²) in [4.78, 5) is 24.7. The molecule has 0 radical (unpaired) electrons. The van der Waals surface area contributed by atoms with E-state index in [0.29, 0.717) is 12.1 Å². The van der Waals surface area contributed by atoms with Crippen LogP contribution in [0.25, 0.3) is 0 Å². The Morgan fingerprint density at radius 2 is 2.00 bits per heavy atom. The first-order valence-electron chi connectivity index (χ1n) is 6.82. The maximum atomic E-state index is 12.3. The van der Waals surface area contributed by atoms with Crippen LogP contribution in [-0.2, 0) is 9.59 Å². The number of carboxylic acids is 1. The number of rotatable bonds is 5. The van der Waals surface area contributed by atoms with Crippen LogP contribution in [0.3, 0.4) is 0 Å². The van der Waals surface area contributed by atoms with Crippen molar-refractivity contribution in [3.05, 3.63) is 42.0 Å². The van der Waals surface area contributed by atoms with Gasteiger partial charge in [0.15, 0.2) is 0 Å². The van der Waals surface area contributed by atoms with E-state index in [-0.39, 0.29) is 18.4 Å². The second-order valence-corrected chi connectivity index (χ2v) is 5.18. The molecule has 0 saturated carbocycles. The number of carbonyl (C=O) groups is 2. The first kappa shape index (κ1) is 14.3. The van der Waals surface area contributed by atoms with Crippen molar-refractivity contribution in [2.45, 2.75) is 26.2 Å². The predicted octanol–water partition coefficient (Wildman–Crippen LogP) is 2.77. The van der Waals surface area contributed by atoms with Crippen LogP contribution in [0.2, 0.25) is 0 Å². The molecule has 1 atom stereocenters. The predicted molar refractivity (Wildman–Crippen MR) is 77.6 cm³/mol. The van der Waals surface area contributed by atoms with Crippen molar-refractivity contribution in [1.82, 2.24) is 0 Å². The third-order valence-electron chi connectivity index (χ3n) is 3.49. The fourth-order valence-electron chi connectivity index (χ4n) is 2.38. The Bertz CT molecular complexity index is 519. The Hall–Kier alpha value is -2.10. The molecule has 4 nitrogen and oxygen atoms in total. The number of carbonyl (C=O) groups excluding carboxylic acids is 1. The molecule has 0 bridgehead atoms. The van der Waals surface area contributed by atoms with E-state index in [1.54, 1.807) is 12.1 Å². The Labute approximate surface area is 118 Å². The SMILES string of the molecule is Cc1ccc(N(CC(=O)O)C(=O)CC2C=CCC2)cc1. The number of benzene rings is 1. The van der Waals surface area contributed by atoms with Crippen molar-refractivity contribution in [3.8, 4) is 0 Å². The maximum absolute atomic E-state index is 12.3. The number of amides is 1. The first-order chi connectivity index (χ1) is 9.56. The largest absolute Gasteiger partial charge is 0.480 e. The minimum absolute atomic E-state index is 0.132. The van der Waals surface area contributed by atoms with Crippen LogP contribution in [0.4, 0.5) is 5.69 Å². The number of aliphatic carboxylic acids is 1. The minimum atomic E-state index is -0.999. The maximum Gasteiger partial charge on any atom is 0.323 e. The third kappa shape index (κ3) is 3.70. The lowest BCUT2D eigenvalue weighted by Gasteiger charge is -2.22. The Morgan fingerprint density at radius 1 is 1.30 bits per heavy atom. The summed E-state index contributed by atoms with van der Waals surface area (Å²) in [5, 5.41) is 9.00. The fourth-order valence-corrected chi connectivity index (χ4v) is 2.38. The summed E-state index contributed by atoms with van der Waals surface area (Å²) in [7, 11) is 0. The van der Waals surface area contributed by atoms with Gasteiger partial charge in [-0.15, -0.1) is 0 Å². The van der Waals surface area contributed by atoms with Crippen LogP contribution >= 0.6 is 0 Å². The fraction of sp³-hybridized carbons (Fsp3) is 0.375. The Morgan fingerprint density at radius 3 is 2.55 bits per heavy atom. The molecule has 1 aromatic carbocycles. The lowest BCUT2D eigenvalue weighted by Crippen LogP contribution is -2.36. The third-order valence-corrected chi connectivity index (χ3v) is 3.49. The van der Waals surface area contributed by atoms with Crippen LogP contribution in [-0.4, -0.2) is 23.5 Å². The van der Waals surface area contributed by atoms with Crippen molar-refractivity contribution >= 4 is 17.6 Å². The highest BCUT2D eigenvalue weighted by atomic mass is 16.4. The average Bonchev–Trinajstić information content (AvgIpc) is 2.89. The van der Waals surface area contributed by atoms with E-state index in [4.69, 9.17) is 5.11 Å². The molecule has 1 aromatic rings. The highest BCUT2D eigenvalue weighted by Crippen LogP contribution is 2.23. The summed E-state index contributed by atoms with van der Waals surface area (Å²) in [5.41, 5.74) is 1.72. The van der Waals surface area contributed by atoms with Gasteiger partial charge in [-0.2, -0.15) is 0 Å². The Kier molecular flexibility index (Phi) is 4.56. The number of hydrogen-bond donors (Lipinski definition) is 1. The van der Waals surface area contributed by atoms with E-state index in [9.17, 15) is 9.59 Å². The zero-order valence-corrected chi connectivity index (χ0v) is 11.6. The number of hydrogen-bond acceptors (Lipinski definition) is 2. The van der Waals surface area contributed by atoms with Crippen molar-refractivity contribution in [2.24, 2.45) is 5.92 Å². The van der Waals surface area contributed by atoms with Gasteiger partial charge < -0.3 is 10.0 Å². The van der Waals surface area contributed by atoms with Gasteiger partial charge in [0.1, 0.15) is 6.54 Å². The molecule has 2 rings (SSSR count). The van der Waals surface area contributed by atoms with Crippen LogP contribution in [0.5, 0.6) is 0 Å². The highest BCUT2D eigenvalue weighted by molar-refractivity contribution is 5.97. The number of aryl methyl sites for hydroxylation is 1. The first-order valence-corrected chi connectivity index (χ1v) is 6.82. The average molecular weight is 273 g/mol. The molecule has 1 aliphatic carbocycles. The highest BCUT2D eigenvalue weighted by Gasteiger charge is 2.22. The van der Waals surface area contributed by atoms with Gasteiger partial charge in [-0.05, 0) is 37.8 Å². The summed E-state index contributed by atoms with van der Waals surface area (Å²) in [5.74, 6) is -0.891. The van der Waals surface area contributed by atoms with Gasteiger partial charge in [0, 0.05) is 12.1 Å². The number of carboxylic acid groups (broad SMARTS) is 1. The second kappa shape index (κ2) is 6.37.